The summed E-state index contributed by atoms with van der Waals surface area (Å²) in [5.74, 6) is 5.65. The predicted octanol–water partition coefficient (Wildman–Crippen LogP) is 2.56. The summed E-state index contributed by atoms with van der Waals surface area (Å²) >= 11 is 7.84. The van der Waals surface area contributed by atoms with E-state index in [1.54, 1.807) is 17.5 Å². The average Bonchev–Trinajstić information content (AvgIpc) is 2.94. The van der Waals surface area contributed by atoms with Crippen LogP contribution in [0.25, 0.3) is 0 Å². The molecule has 2 aromatic rings. The van der Waals surface area contributed by atoms with E-state index in [0.717, 1.165) is 23.5 Å². The van der Waals surface area contributed by atoms with E-state index in [1.807, 2.05) is 22.2 Å². The molecular formula is C11H15ClN4S. The lowest BCUT2D eigenvalue weighted by Gasteiger charge is -2.16. The minimum atomic E-state index is -0.100. The first-order valence-electron chi connectivity index (χ1n) is 5.48. The van der Waals surface area contributed by atoms with Gasteiger partial charge in [0.2, 0.25) is 0 Å². The summed E-state index contributed by atoms with van der Waals surface area (Å²) in [6, 6.07) is 3.93. The lowest BCUT2D eigenvalue weighted by Crippen LogP contribution is -2.30. The third-order valence-electron chi connectivity index (χ3n) is 2.54. The van der Waals surface area contributed by atoms with Crippen LogP contribution in [-0.4, -0.2) is 9.78 Å². The maximum Gasteiger partial charge on any atom is 0.0985 e. The molecule has 1 unspecified atom stereocenters. The number of aryl methyl sites for hydroxylation is 1. The summed E-state index contributed by atoms with van der Waals surface area (Å²) in [4.78, 5) is 1.13. The second-order valence-electron chi connectivity index (χ2n) is 3.72. The molecule has 0 radical (unpaired) electrons. The Balaban J connectivity index is 2.39. The van der Waals surface area contributed by atoms with Crippen molar-refractivity contribution < 1.29 is 0 Å². The zero-order valence-electron chi connectivity index (χ0n) is 9.56. The average molecular weight is 271 g/mol. The lowest BCUT2D eigenvalue weighted by molar-refractivity contribution is 0.524. The van der Waals surface area contributed by atoms with Gasteiger partial charge in [0, 0.05) is 11.4 Å². The van der Waals surface area contributed by atoms with Crippen LogP contribution in [0.15, 0.2) is 23.7 Å². The number of hydrogen-bond acceptors (Lipinski definition) is 4. The van der Waals surface area contributed by atoms with Crippen molar-refractivity contribution in [3.63, 3.8) is 0 Å². The zero-order chi connectivity index (χ0) is 12.3. The quantitative estimate of drug-likeness (QED) is 0.649. The Morgan fingerprint density at radius 2 is 2.47 bits per heavy atom. The summed E-state index contributed by atoms with van der Waals surface area (Å²) < 4.78 is 1.91. The topological polar surface area (TPSA) is 55.9 Å². The number of halogens is 1. The van der Waals surface area contributed by atoms with Crippen molar-refractivity contribution in [3.8, 4) is 0 Å². The van der Waals surface area contributed by atoms with Crippen LogP contribution < -0.4 is 11.3 Å². The van der Waals surface area contributed by atoms with Gasteiger partial charge in [0.15, 0.2) is 0 Å². The molecule has 0 aliphatic carbocycles. The van der Waals surface area contributed by atoms with Crippen LogP contribution >= 0.6 is 22.9 Å². The van der Waals surface area contributed by atoms with E-state index in [1.165, 1.54) is 0 Å². The van der Waals surface area contributed by atoms with Gasteiger partial charge in [-0.05, 0) is 17.9 Å². The van der Waals surface area contributed by atoms with Gasteiger partial charge in [-0.1, -0.05) is 24.6 Å². The number of nitrogens with zero attached hydrogens (tertiary/aromatic N) is 2. The zero-order valence-corrected chi connectivity index (χ0v) is 11.1. The molecule has 3 N–H and O–H groups in total. The van der Waals surface area contributed by atoms with Crippen molar-refractivity contribution in [2.45, 2.75) is 25.9 Å². The summed E-state index contributed by atoms with van der Waals surface area (Å²) in [5.41, 5.74) is 3.74. The summed E-state index contributed by atoms with van der Waals surface area (Å²) in [7, 11) is 0. The fourth-order valence-electron chi connectivity index (χ4n) is 1.80. The van der Waals surface area contributed by atoms with E-state index >= 15 is 0 Å². The van der Waals surface area contributed by atoms with Gasteiger partial charge >= 0.3 is 0 Å². The molecule has 17 heavy (non-hydrogen) atoms. The van der Waals surface area contributed by atoms with E-state index in [4.69, 9.17) is 17.4 Å². The highest BCUT2D eigenvalue weighted by Gasteiger charge is 2.21. The Morgan fingerprint density at radius 3 is 3.06 bits per heavy atom. The van der Waals surface area contributed by atoms with Gasteiger partial charge in [-0.25, -0.2) is 5.43 Å². The third kappa shape index (κ3) is 2.52. The maximum absolute atomic E-state index is 6.20. The SMILES string of the molecule is CCCn1ncc(Cl)c1C(NN)c1cccs1. The number of hydrazine groups is 1. The second-order valence-corrected chi connectivity index (χ2v) is 5.10. The molecule has 1 atom stereocenters. The number of aromatic nitrogens is 2. The van der Waals surface area contributed by atoms with E-state index in [0.29, 0.717) is 5.02 Å². The fourth-order valence-corrected chi connectivity index (χ4v) is 2.84. The largest absolute Gasteiger partial charge is 0.270 e. The molecule has 0 aromatic carbocycles. The highest BCUT2D eigenvalue weighted by molar-refractivity contribution is 7.10. The number of thiophene rings is 1. The van der Waals surface area contributed by atoms with E-state index in [9.17, 15) is 0 Å². The van der Waals surface area contributed by atoms with Crippen molar-refractivity contribution in [3.05, 3.63) is 39.3 Å². The highest BCUT2D eigenvalue weighted by Crippen LogP contribution is 2.30. The van der Waals surface area contributed by atoms with Crippen LogP contribution in [0.1, 0.15) is 30.0 Å². The van der Waals surface area contributed by atoms with Gasteiger partial charge in [-0.15, -0.1) is 11.3 Å². The van der Waals surface area contributed by atoms with Crippen molar-refractivity contribution in [1.82, 2.24) is 15.2 Å². The Bertz CT molecular complexity index is 466. The Kier molecular flexibility index (Phi) is 4.17. The summed E-state index contributed by atoms with van der Waals surface area (Å²) in [6.07, 6.45) is 2.68. The molecule has 4 nitrogen and oxygen atoms in total. The minimum absolute atomic E-state index is 0.100. The van der Waals surface area contributed by atoms with Crippen molar-refractivity contribution in [1.29, 1.82) is 0 Å². The molecule has 0 saturated heterocycles. The van der Waals surface area contributed by atoms with Crippen molar-refractivity contribution in [2.24, 2.45) is 5.84 Å². The third-order valence-corrected chi connectivity index (χ3v) is 3.76. The minimum Gasteiger partial charge on any atom is -0.270 e. The molecule has 2 rings (SSSR count). The molecule has 0 spiro atoms. The molecule has 6 heteroatoms. The first-order chi connectivity index (χ1) is 8.27. The fraction of sp³-hybridized carbons (Fsp3) is 0.364. The van der Waals surface area contributed by atoms with Crippen molar-refractivity contribution >= 4 is 22.9 Å². The molecule has 0 amide bonds. The highest BCUT2D eigenvalue weighted by atomic mass is 35.5. The van der Waals surface area contributed by atoms with Gasteiger partial charge < -0.3 is 0 Å². The monoisotopic (exact) mass is 270 g/mol. The van der Waals surface area contributed by atoms with Crippen LogP contribution in [-0.2, 0) is 6.54 Å². The van der Waals surface area contributed by atoms with Gasteiger partial charge in [0.1, 0.15) is 0 Å². The summed E-state index contributed by atoms with van der Waals surface area (Å²) in [6.45, 7) is 2.95. The van der Waals surface area contributed by atoms with Crippen LogP contribution in [0.5, 0.6) is 0 Å². The van der Waals surface area contributed by atoms with Crippen LogP contribution in [0, 0.1) is 0 Å². The molecule has 0 fully saturated rings. The van der Waals surface area contributed by atoms with Gasteiger partial charge in [-0.3, -0.25) is 10.5 Å². The maximum atomic E-state index is 6.20. The lowest BCUT2D eigenvalue weighted by atomic mass is 10.2. The summed E-state index contributed by atoms with van der Waals surface area (Å²) in [5, 5.41) is 6.95. The Hall–Kier alpha value is -0.880. The van der Waals surface area contributed by atoms with E-state index in [-0.39, 0.29) is 6.04 Å². The second kappa shape index (κ2) is 5.64. The van der Waals surface area contributed by atoms with E-state index in [2.05, 4.69) is 17.4 Å². The molecule has 2 heterocycles. The Labute approximate surface area is 109 Å². The van der Waals surface area contributed by atoms with Gasteiger partial charge in [-0.2, -0.15) is 5.10 Å². The van der Waals surface area contributed by atoms with Crippen LogP contribution in [0.3, 0.4) is 0 Å². The van der Waals surface area contributed by atoms with Crippen molar-refractivity contribution in [2.75, 3.05) is 0 Å². The molecule has 2 aromatic heterocycles. The van der Waals surface area contributed by atoms with E-state index < -0.39 is 0 Å². The van der Waals surface area contributed by atoms with Gasteiger partial charge in [0.05, 0.1) is 23.0 Å². The number of nitrogens with two attached hydrogens (primary N) is 1. The standard InChI is InChI=1S/C11H15ClN4S/c1-2-5-16-11(8(12)7-14-16)10(15-13)9-4-3-6-17-9/h3-4,6-7,10,15H,2,5,13H2,1H3. The number of nitrogens with one attached hydrogen (secondary N) is 1. The predicted molar refractivity (Wildman–Crippen MR) is 71.0 cm³/mol. The normalized spacial score (nSPS) is 12.9. The number of hydrogen-bond donors (Lipinski definition) is 2. The molecular weight excluding hydrogens is 256 g/mol. The first-order valence-corrected chi connectivity index (χ1v) is 6.74. The van der Waals surface area contributed by atoms with Gasteiger partial charge in [0.25, 0.3) is 0 Å². The molecule has 0 saturated carbocycles. The molecule has 0 aliphatic heterocycles. The Morgan fingerprint density at radius 1 is 1.65 bits per heavy atom. The number of rotatable bonds is 5. The molecule has 0 aliphatic rings. The molecule has 0 bridgehead atoms. The molecule has 92 valence electrons. The van der Waals surface area contributed by atoms with Crippen LogP contribution in [0.2, 0.25) is 5.02 Å². The van der Waals surface area contributed by atoms with Crippen LogP contribution in [0.4, 0.5) is 0 Å². The smallest absolute Gasteiger partial charge is 0.0985 e. The first kappa shape index (κ1) is 12.6.